The minimum Gasteiger partial charge on any atom is -0.382 e. The van der Waals surface area contributed by atoms with Crippen molar-refractivity contribution >= 4 is 22.9 Å². The number of fused-ring (bicyclic) bond motifs is 1. The lowest BCUT2D eigenvalue weighted by Crippen LogP contribution is -2.06. The maximum Gasteiger partial charge on any atom is 0.224 e. The first-order valence-electron chi connectivity index (χ1n) is 5.51. The molecule has 0 amide bonds. The molecule has 1 saturated carbocycles. The Morgan fingerprint density at radius 2 is 1.94 bits per heavy atom. The molecule has 1 aliphatic rings. The molecule has 2 heterocycles. The summed E-state index contributed by atoms with van der Waals surface area (Å²) in [6, 6.07) is 0.485. The second-order valence-electron chi connectivity index (χ2n) is 4.23. The van der Waals surface area contributed by atoms with E-state index >= 15 is 0 Å². The predicted molar refractivity (Wildman–Crippen MR) is 61.7 cm³/mol. The zero-order valence-corrected chi connectivity index (χ0v) is 8.93. The number of hydrogen-bond donors (Lipinski definition) is 2. The predicted octanol–water partition coefficient (Wildman–Crippen LogP) is 1.11. The van der Waals surface area contributed by atoms with Crippen molar-refractivity contribution in [2.24, 2.45) is 0 Å². The van der Waals surface area contributed by atoms with Gasteiger partial charge in [-0.1, -0.05) is 12.8 Å². The van der Waals surface area contributed by atoms with E-state index in [1.165, 1.54) is 25.7 Å². The quantitative estimate of drug-likeness (QED) is 0.747. The Balaban J connectivity index is 2.18. The van der Waals surface area contributed by atoms with Crippen molar-refractivity contribution in [3.8, 4) is 0 Å². The Hall–Kier alpha value is -1.85. The average molecular weight is 218 g/mol. The molecule has 84 valence electrons. The Labute approximate surface area is 92.7 Å². The van der Waals surface area contributed by atoms with Gasteiger partial charge in [-0.3, -0.25) is 0 Å². The van der Waals surface area contributed by atoms with Gasteiger partial charge in [0.15, 0.2) is 11.5 Å². The van der Waals surface area contributed by atoms with E-state index < -0.39 is 0 Å². The number of nitrogens with two attached hydrogens (primary N) is 2. The van der Waals surface area contributed by atoms with Crippen LogP contribution in [0.25, 0.3) is 11.2 Å². The van der Waals surface area contributed by atoms with Gasteiger partial charge < -0.3 is 16.0 Å². The maximum absolute atomic E-state index is 5.76. The van der Waals surface area contributed by atoms with E-state index in [1.807, 2.05) is 0 Å². The molecule has 0 unspecified atom stereocenters. The van der Waals surface area contributed by atoms with Crippen LogP contribution >= 0.6 is 0 Å². The van der Waals surface area contributed by atoms with Crippen molar-refractivity contribution in [1.82, 2.24) is 19.5 Å². The summed E-state index contributed by atoms with van der Waals surface area (Å²) < 4.78 is 2.08. The summed E-state index contributed by atoms with van der Waals surface area (Å²) >= 11 is 0. The van der Waals surface area contributed by atoms with Gasteiger partial charge in [-0.25, -0.2) is 4.98 Å². The van der Waals surface area contributed by atoms with Crippen molar-refractivity contribution in [3.63, 3.8) is 0 Å². The topological polar surface area (TPSA) is 95.6 Å². The van der Waals surface area contributed by atoms with E-state index in [2.05, 4.69) is 19.5 Å². The van der Waals surface area contributed by atoms with Crippen molar-refractivity contribution in [1.29, 1.82) is 0 Å². The standard InChI is InChI=1S/C10H14N6/c11-8-7-9(15-10(12)14-8)16(5-13-7)6-3-1-2-4-6/h5-6H,1-4H2,(H4,11,12,14,15). The number of anilines is 2. The highest BCUT2D eigenvalue weighted by Crippen LogP contribution is 2.32. The van der Waals surface area contributed by atoms with E-state index in [0.29, 0.717) is 17.4 Å². The molecule has 16 heavy (non-hydrogen) atoms. The molecular weight excluding hydrogens is 204 g/mol. The van der Waals surface area contributed by atoms with Crippen molar-refractivity contribution in [2.75, 3.05) is 11.5 Å². The summed E-state index contributed by atoms with van der Waals surface area (Å²) in [4.78, 5) is 12.4. The van der Waals surface area contributed by atoms with Gasteiger partial charge in [-0.2, -0.15) is 9.97 Å². The lowest BCUT2D eigenvalue weighted by Gasteiger charge is -2.11. The molecule has 3 rings (SSSR count). The minimum atomic E-state index is 0.213. The van der Waals surface area contributed by atoms with E-state index in [0.717, 1.165) is 5.65 Å². The van der Waals surface area contributed by atoms with Crippen molar-refractivity contribution in [2.45, 2.75) is 31.7 Å². The minimum absolute atomic E-state index is 0.213. The lowest BCUT2D eigenvalue weighted by molar-refractivity contribution is 0.529. The van der Waals surface area contributed by atoms with Crippen molar-refractivity contribution in [3.05, 3.63) is 6.33 Å². The lowest BCUT2D eigenvalue weighted by atomic mass is 10.2. The summed E-state index contributed by atoms with van der Waals surface area (Å²) in [6.07, 6.45) is 6.68. The molecule has 1 aliphatic carbocycles. The normalized spacial score (nSPS) is 17.2. The van der Waals surface area contributed by atoms with Crippen LogP contribution in [0.3, 0.4) is 0 Å². The summed E-state index contributed by atoms with van der Waals surface area (Å²) in [5, 5.41) is 0. The number of nitrogen functional groups attached to an aromatic ring is 2. The first-order chi connectivity index (χ1) is 7.75. The summed E-state index contributed by atoms with van der Waals surface area (Å²) in [5.41, 5.74) is 12.8. The molecule has 0 atom stereocenters. The van der Waals surface area contributed by atoms with Gasteiger partial charge in [0, 0.05) is 6.04 Å². The molecule has 1 fully saturated rings. The van der Waals surface area contributed by atoms with E-state index in [9.17, 15) is 0 Å². The molecule has 6 heteroatoms. The van der Waals surface area contributed by atoms with Gasteiger partial charge in [0.05, 0.1) is 6.33 Å². The number of nitrogens with zero attached hydrogens (tertiary/aromatic N) is 4. The van der Waals surface area contributed by atoms with Crippen LogP contribution in [0.5, 0.6) is 0 Å². The maximum atomic E-state index is 5.76. The molecule has 2 aromatic heterocycles. The number of rotatable bonds is 1. The van der Waals surface area contributed by atoms with Gasteiger partial charge in [0.25, 0.3) is 0 Å². The van der Waals surface area contributed by atoms with Gasteiger partial charge in [0.1, 0.15) is 5.52 Å². The molecule has 0 aromatic carbocycles. The zero-order chi connectivity index (χ0) is 11.1. The number of imidazole rings is 1. The first kappa shape index (κ1) is 9.38. The Morgan fingerprint density at radius 1 is 1.19 bits per heavy atom. The van der Waals surface area contributed by atoms with E-state index in [4.69, 9.17) is 11.5 Å². The molecule has 0 radical (unpaired) electrons. The summed E-state index contributed by atoms with van der Waals surface area (Å²) in [5.74, 6) is 0.573. The molecule has 2 aromatic rings. The Morgan fingerprint density at radius 3 is 2.69 bits per heavy atom. The van der Waals surface area contributed by atoms with Gasteiger partial charge >= 0.3 is 0 Å². The second-order valence-corrected chi connectivity index (χ2v) is 4.23. The molecule has 6 nitrogen and oxygen atoms in total. The first-order valence-corrected chi connectivity index (χ1v) is 5.51. The van der Waals surface area contributed by atoms with Gasteiger partial charge in [-0.15, -0.1) is 0 Å². The van der Waals surface area contributed by atoms with E-state index in [-0.39, 0.29) is 5.95 Å². The highest BCUT2D eigenvalue weighted by atomic mass is 15.2. The van der Waals surface area contributed by atoms with Crippen LogP contribution in [-0.2, 0) is 0 Å². The van der Waals surface area contributed by atoms with Crippen LogP contribution in [0.1, 0.15) is 31.7 Å². The third kappa shape index (κ3) is 1.30. The summed E-state index contributed by atoms with van der Waals surface area (Å²) in [6.45, 7) is 0. The zero-order valence-electron chi connectivity index (χ0n) is 8.93. The molecular formula is C10H14N6. The van der Waals surface area contributed by atoms with Gasteiger partial charge in [-0.05, 0) is 12.8 Å². The fraction of sp³-hybridized carbons (Fsp3) is 0.500. The third-order valence-electron chi connectivity index (χ3n) is 3.18. The van der Waals surface area contributed by atoms with Crippen LogP contribution in [0.4, 0.5) is 11.8 Å². The average Bonchev–Trinajstić information content (AvgIpc) is 2.83. The molecule has 0 aliphatic heterocycles. The highest BCUT2D eigenvalue weighted by molar-refractivity contribution is 5.82. The SMILES string of the molecule is Nc1nc(N)c2ncn(C3CCCC3)c2n1. The highest BCUT2D eigenvalue weighted by Gasteiger charge is 2.20. The fourth-order valence-corrected chi connectivity index (χ4v) is 2.41. The monoisotopic (exact) mass is 218 g/mol. The van der Waals surface area contributed by atoms with Crippen molar-refractivity contribution < 1.29 is 0 Å². The molecule has 0 saturated heterocycles. The largest absolute Gasteiger partial charge is 0.382 e. The van der Waals surface area contributed by atoms with Crippen LogP contribution in [0.15, 0.2) is 6.33 Å². The van der Waals surface area contributed by atoms with Crippen LogP contribution in [0.2, 0.25) is 0 Å². The Bertz CT molecular complexity index is 525. The summed E-state index contributed by atoms with van der Waals surface area (Å²) in [7, 11) is 0. The van der Waals surface area contributed by atoms with Crippen LogP contribution in [0, 0.1) is 0 Å². The van der Waals surface area contributed by atoms with Gasteiger partial charge in [0.2, 0.25) is 5.95 Å². The molecule has 0 bridgehead atoms. The van der Waals surface area contributed by atoms with E-state index in [1.54, 1.807) is 6.33 Å². The Kier molecular flexibility index (Phi) is 1.95. The molecule has 0 spiro atoms. The fourth-order valence-electron chi connectivity index (χ4n) is 2.41. The number of hydrogen-bond acceptors (Lipinski definition) is 5. The third-order valence-corrected chi connectivity index (χ3v) is 3.18. The van der Waals surface area contributed by atoms with Crippen LogP contribution in [-0.4, -0.2) is 19.5 Å². The molecule has 4 N–H and O–H groups in total. The second kappa shape index (κ2) is 3.33. The van der Waals surface area contributed by atoms with Crippen LogP contribution < -0.4 is 11.5 Å². The smallest absolute Gasteiger partial charge is 0.224 e. The number of aromatic nitrogens is 4.